The number of rotatable bonds is 12. The van der Waals surface area contributed by atoms with Gasteiger partial charge in [0.1, 0.15) is 16.1 Å². The quantitative estimate of drug-likeness (QED) is 0.0852. The molecule has 24 aromatic rings. The van der Waals surface area contributed by atoms with Crippen LogP contribution in [0.25, 0.3) is 231 Å². The van der Waals surface area contributed by atoms with E-state index in [2.05, 4.69) is 509 Å². The number of hydrogen-bond donors (Lipinski definition) is 0. The number of nitrogens with zero attached hydrogens (tertiary/aromatic N) is 2. The van der Waals surface area contributed by atoms with Crippen LogP contribution in [0.2, 0.25) is 26.2 Å². The van der Waals surface area contributed by atoms with Gasteiger partial charge in [-0.2, -0.15) is 0 Å². The van der Waals surface area contributed by atoms with Crippen molar-refractivity contribution < 1.29 is 0 Å². The molecule has 4 heterocycles. The summed E-state index contributed by atoms with van der Waals surface area (Å²) in [6.45, 7) is 10.1. The van der Waals surface area contributed by atoms with Crippen molar-refractivity contribution in [2.24, 2.45) is 0 Å². The summed E-state index contributed by atoms with van der Waals surface area (Å²) >= 11 is 0. The average molecular weight is 1710 g/mol. The van der Waals surface area contributed by atoms with E-state index in [0.717, 1.165) is 0 Å². The Balaban J connectivity index is 0.000000143. The average Bonchev–Trinajstić information content (AvgIpc) is 1.57. The van der Waals surface area contributed by atoms with Gasteiger partial charge in [0.25, 0.3) is 0 Å². The van der Waals surface area contributed by atoms with E-state index in [-0.39, 0.29) is 0 Å². The van der Waals surface area contributed by atoms with Gasteiger partial charge >= 0.3 is 0 Å². The Kier molecular flexibility index (Phi) is 18.6. The van der Waals surface area contributed by atoms with Gasteiger partial charge in [-0.05, 0) is 268 Å². The molecule has 2 aliphatic heterocycles. The number of hydrogen-bond acceptors (Lipinski definition) is 0. The SMILES string of the molecule is C[Si]1(C)c2cc(-c3ccccc3)ccc2-c2ccc(-n3cc(-c4ccc(-c5cc6ccccc6c6ccccc56)cc4)c4cc(-c5ccc(-c6cc7ccccc7c7ccccc67)cc5)ccc43)cc21.C[Si]1(C)c2cc(-c3ccccc3)ccc2-c2ccc(-n3cc(-c4ccc(-c5cccc6ccccc56)cc4)c4cc(-c5ccc(-c6cccc7ccccc67)cc5)ccc43)cc21. The fourth-order valence-corrected chi connectivity index (χ4v) is 28.2. The lowest BCUT2D eigenvalue weighted by Gasteiger charge is -2.20. The van der Waals surface area contributed by atoms with E-state index in [4.69, 9.17) is 0 Å². The van der Waals surface area contributed by atoms with Crippen molar-refractivity contribution in [1.82, 2.24) is 9.13 Å². The number of aromatic nitrogens is 2. The molecule has 0 radical (unpaired) electrons. The standard InChI is InChI=1S/C68H47NSi.C60H43NSi/c1-70(2)67-41-50(44-14-4-3-5-15-44)32-35-60(67)61-36-34-53(42-68(61)70)69-43-65(48-30-28-47(29-31-48)63-40-52-17-7-9-19-55(52)57-21-11-13-23-59(57)63)64-38-49(33-37-66(64)69)45-24-26-46(27-25-45)62-39-51-16-6-8-18-54(51)56-20-10-12-22-58(56)62;1-62(2)59-37-48(40-12-4-3-5-13-40)30-33-54(59)55-34-32-49(38-60(55)62)61-39-57(46-28-26-45(27-29-46)53-21-11-17-43-15-7-9-19-51(43)53)56-36-47(31-35-58(56)61)41-22-24-44(25-23-41)52-20-10-16-42-14-6-8-18-50(42)52/h3-43H,1-2H3;3-39H,1-2H3. The van der Waals surface area contributed by atoms with Gasteiger partial charge in [0.2, 0.25) is 0 Å². The smallest absolute Gasteiger partial charge is 0.113 e. The lowest BCUT2D eigenvalue weighted by molar-refractivity contribution is 1.13. The Morgan fingerprint density at radius 1 is 0.144 bits per heavy atom. The van der Waals surface area contributed by atoms with Crippen LogP contribution >= 0.6 is 0 Å². The van der Waals surface area contributed by atoms with Crippen LogP contribution in [-0.2, 0) is 0 Å². The van der Waals surface area contributed by atoms with E-state index < -0.39 is 16.1 Å². The van der Waals surface area contributed by atoms with Gasteiger partial charge in [-0.1, -0.05) is 427 Å². The first-order chi connectivity index (χ1) is 64.9. The Labute approximate surface area is 771 Å². The molecule has 2 nitrogen and oxygen atoms in total. The summed E-state index contributed by atoms with van der Waals surface area (Å²) in [6, 6.07) is 171. The zero-order valence-corrected chi connectivity index (χ0v) is 75.9. The minimum Gasteiger partial charge on any atom is -0.316 e. The van der Waals surface area contributed by atoms with Crippen molar-refractivity contribution >= 4 is 123 Å². The minimum atomic E-state index is -2.04. The molecular formula is C128H90N2Si2. The van der Waals surface area contributed by atoms with Gasteiger partial charge in [-0.3, -0.25) is 0 Å². The van der Waals surface area contributed by atoms with Crippen LogP contribution < -0.4 is 20.7 Å². The molecular weight excluding hydrogens is 1620 g/mol. The third-order valence-corrected chi connectivity index (χ3v) is 35.9. The first-order valence-electron chi connectivity index (χ1n) is 46.1. The first-order valence-corrected chi connectivity index (χ1v) is 52.1. The van der Waals surface area contributed by atoms with Gasteiger partial charge in [-0.25, -0.2) is 0 Å². The highest BCUT2D eigenvalue weighted by Gasteiger charge is 2.40. The predicted molar refractivity (Wildman–Crippen MR) is 570 cm³/mol. The molecule has 0 amide bonds. The van der Waals surface area contributed by atoms with Crippen molar-refractivity contribution in [2.45, 2.75) is 26.2 Å². The monoisotopic (exact) mass is 1710 g/mol. The minimum absolute atomic E-state index is 1.20. The summed E-state index contributed by atoms with van der Waals surface area (Å²) in [4.78, 5) is 0. The fourth-order valence-electron chi connectivity index (χ4n) is 22.0. The second-order valence-electron chi connectivity index (χ2n) is 37.0. The summed E-state index contributed by atoms with van der Waals surface area (Å²) < 4.78 is 4.87. The molecule has 26 rings (SSSR count). The highest BCUT2D eigenvalue weighted by molar-refractivity contribution is 7.04. The van der Waals surface area contributed by atoms with E-state index in [1.807, 2.05) is 0 Å². The maximum atomic E-state index is 2.52. The zero-order valence-electron chi connectivity index (χ0n) is 73.9. The molecule has 0 aliphatic carbocycles. The zero-order chi connectivity index (χ0) is 87.9. The Morgan fingerprint density at radius 3 is 0.795 bits per heavy atom. The second-order valence-corrected chi connectivity index (χ2v) is 45.7. The van der Waals surface area contributed by atoms with E-state index in [1.54, 1.807) is 0 Å². The van der Waals surface area contributed by atoms with Crippen LogP contribution in [-0.4, -0.2) is 25.3 Å². The van der Waals surface area contributed by atoms with Crippen molar-refractivity contribution in [3.05, 3.63) is 473 Å². The van der Waals surface area contributed by atoms with Gasteiger partial charge < -0.3 is 9.13 Å². The number of fused-ring (bicyclic) bond motifs is 16. The molecule has 4 heteroatoms. The van der Waals surface area contributed by atoms with Crippen LogP contribution in [0.4, 0.5) is 0 Å². The molecule has 0 spiro atoms. The fraction of sp³-hybridized carbons (Fsp3) is 0.0312. The Hall–Kier alpha value is -16.1. The summed E-state index contributed by atoms with van der Waals surface area (Å²) in [5.74, 6) is 0. The molecule has 132 heavy (non-hydrogen) atoms. The molecule has 2 aliphatic rings. The molecule has 22 aromatic carbocycles. The van der Waals surface area contributed by atoms with Gasteiger partial charge in [-0.15, -0.1) is 0 Å². The van der Waals surface area contributed by atoms with Gasteiger partial charge in [0.15, 0.2) is 0 Å². The largest absolute Gasteiger partial charge is 0.316 e. The molecule has 0 bridgehead atoms. The predicted octanol–water partition coefficient (Wildman–Crippen LogP) is 32.5. The van der Waals surface area contributed by atoms with Crippen molar-refractivity contribution in [1.29, 1.82) is 0 Å². The third kappa shape index (κ3) is 13.2. The van der Waals surface area contributed by atoms with Crippen LogP contribution in [0, 0.1) is 0 Å². The molecule has 2 aromatic heterocycles. The molecule has 0 unspecified atom stereocenters. The number of benzene rings is 22. The Bertz CT molecular complexity index is 8770. The Morgan fingerprint density at radius 2 is 0.409 bits per heavy atom. The summed E-state index contributed by atoms with van der Waals surface area (Å²) in [5, 5.41) is 23.8. The molecule has 0 N–H and O–H groups in total. The van der Waals surface area contributed by atoms with Crippen molar-refractivity contribution in [3.63, 3.8) is 0 Å². The lowest BCUT2D eigenvalue weighted by atomic mass is 9.92. The molecule has 0 saturated heterocycles. The van der Waals surface area contributed by atoms with E-state index in [9.17, 15) is 0 Å². The first kappa shape index (κ1) is 78.2. The summed E-state index contributed by atoms with van der Waals surface area (Å²) in [5.41, 5.74) is 35.1. The highest BCUT2D eigenvalue weighted by atomic mass is 28.3. The van der Waals surface area contributed by atoms with Gasteiger partial charge in [0, 0.05) is 45.7 Å². The van der Waals surface area contributed by atoms with Crippen LogP contribution in [0.1, 0.15) is 0 Å². The molecule has 0 saturated carbocycles. The molecule has 620 valence electrons. The maximum Gasteiger partial charge on any atom is 0.113 e. The van der Waals surface area contributed by atoms with Crippen LogP contribution in [0.5, 0.6) is 0 Å². The summed E-state index contributed by atoms with van der Waals surface area (Å²) in [7, 11) is -4.04. The normalized spacial score (nSPS) is 12.8. The molecule has 0 fully saturated rings. The lowest BCUT2D eigenvalue weighted by Crippen LogP contribution is -2.49. The maximum absolute atomic E-state index is 2.52. The van der Waals surface area contributed by atoms with Crippen LogP contribution in [0.15, 0.2) is 473 Å². The second kappa shape index (κ2) is 31.4. The molecule has 0 atom stereocenters. The highest BCUT2D eigenvalue weighted by Crippen LogP contribution is 2.46. The third-order valence-electron chi connectivity index (χ3n) is 28.9. The van der Waals surface area contributed by atoms with E-state index >= 15 is 0 Å². The van der Waals surface area contributed by atoms with E-state index in [0.29, 0.717) is 0 Å². The van der Waals surface area contributed by atoms with Crippen molar-refractivity contribution in [2.75, 3.05) is 0 Å². The van der Waals surface area contributed by atoms with E-state index in [1.165, 1.54) is 252 Å². The summed E-state index contributed by atoms with van der Waals surface area (Å²) in [6.07, 6.45) is 4.76. The van der Waals surface area contributed by atoms with Gasteiger partial charge in [0.05, 0.1) is 11.0 Å². The van der Waals surface area contributed by atoms with Crippen molar-refractivity contribution in [3.8, 4) is 145 Å². The topological polar surface area (TPSA) is 9.86 Å². The van der Waals surface area contributed by atoms with Crippen LogP contribution in [0.3, 0.4) is 0 Å².